The smallest absolute Gasteiger partial charge is 0.328 e. The molecule has 1 aromatic carbocycles. The van der Waals surface area contributed by atoms with Crippen molar-refractivity contribution >= 4 is 17.8 Å². The maximum Gasteiger partial charge on any atom is 0.328 e. The largest absolute Gasteiger partial charge is 0.467 e. The molecule has 0 saturated heterocycles. The van der Waals surface area contributed by atoms with Crippen molar-refractivity contribution in [2.75, 3.05) is 14.2 Å². The molecule has 2 amide bonds. The molecule has 0 aromatic heterocycles. The van der Waals surface area contributed by atoms with Crippen LogP contribution in [0.2, 0.25) is 0 Å². The van der Waals surface area contributed by atoms with Gasteiger partial charge >= 0.3 is 5.97 Å². The third kappa shape index (κ3) is 4.07. The highest BCUT2D eigenvalue weighted by Gasteiger charge is 2.36. The van der Waals surface area contributed by atoms with Crippen molar-refractivity contribution in [3.8, 4) is 0 Å². The van der Waals surface area contributed by atoms with Gasteiger partial charge in [0.05, 0.1) is 7.11 Å². The van der Waals surface area contributed by atoms with Crippen molar-refractivity contribution in [1.82, 2.24) is 10.2 Å². The van der Waals surface area contributed by atoms with Gasteiger partial charge in [-0.1, -0.05) is 18.2 Å². The van der Waals surface area contributed by atoms with E-state index in [9.17, 15) is 14.4 Å². The summed E-state index contributed by atoms with van der Waals surface area (Å²) in [5.41, 5.74) is -0.684. The molecule has 0 aliphatic heterocycles. The summed E-state index contributed by atoms with van der Waals surface area (Å²) in [7, 11) is 2.76. The first kappa shape index (κ1) is 17.7. The lowest BCUT2D eigenvalue weighted by Crippen LogP contribution is -2.57. The molecule has 1 atom stereocenters. The Hall–Kier alpha value is -2.37. The maximum absolute atomic E-state index is 12.5. The highest BCUT2D eigenvalue weighted by Crippen LogP contribution is 2.12. The molecule has 120 valence electrons. The van der Waals surface area contributed by atoms with E-state index in [0.29, 0.717) is 5.56 Å². The van der Waals surface area contributed by atoms with Gasteiger partial charge in [0.2, 0.25) is 5.91 Å². The summed E-state index contributed by atoms with van der Waals surface area (Å²) < 4.78 is 4.63. The number of rotatable bonds is 5. The molecule has 1 rings (SSSR count). The van der Waals surface area contributed by atoms with Crippen LogP contribution in [0.1, 0.15) is 31.1 Å². The first-order valence-corrected chi connectivity index (χ1v) is 6.93. The zero-order valence-electron chi connectivity index (χ0n) is 13.5. The van der Waals surface area contributed by atoms with Gasteiger partial charge in [-0.25, -0.2) is 4.79 Å². The van der Waals surface area contributed by atoms with Crippen molar-refractivity contribution < 1.29 is 19.1 Å². The van der Waals surface area contributed by atoms with Crippen molar-refractivity contribution in [1.29, 1.82) is 0 Å². The Labute approximate surface area is 130 Å². The summed E-state index contributed by atoms with van der Waals surface area (Å²) in [6, 6.07) is 7.89. The minimum Gasteiger partial charge on any atom is -0.467 e. The van der Waals surface area contributed by atoms with Crippen LogP contribution in [0.5, 0.6) is 0 Å². The number of likely N-dealkylation sites (N-methyl/N-ethyl adjacent to an activating group) is 1. The molecule has 1 aromatic rings. The number of nitrogens with one attached hydrogen (secondary N) is 1. The minimum atomic E-state index is -1.15. The Kier molecular flexibility index (Phi) is 5.68. The van der Waals surface area contributed by atoms with Gasteiger partial charge in [-0.15, -0.1) is 0 Å². The number of esters is 1. The number of carbonyl (C=O) groups excluding carboxylic acids is 3. The van der Waals surface area contributed by atoms with Gasteiger partial charge in [-0.2, -0.15) is 0 Å². The van der Waals surface area contributed by atoms with Crippen LogP contribution in [0.3, 0.4) is 0 Å². The fraction of sp³-hybridized carbons (Fsp3) is 0.438. The number of methoxy groups -OCH3 is 1. The molecule has 0 aliphatic rings. The summed E-state index contributed by atoms with van der Waals surface area (Å²) in [5, 5.41) is 2.68. The van der Waals surface area contributed by atoms with Crippen molar-refractivity contribution in [2.24, 2.45) is 0 Å². The molecule has 0 bridgehead atoms. The fourth-order valence-electron chi connectivity index (χ4n) is 1.94. The molecule has 0 spiro atoms. The van der Waals surface area contributed by atoms with E-state index in [1.165, 1.54) is 19.1 Å². The second-order valence-corrected chi connectivity index (χ2v) is 5.56. The SMILES string of the molecule is COC(=O)[C@@H](C)N(C)C(=O)C(C)(C)NC(=O)c1ccccc1. The van der Waals surface area contributed by atoms with E-state index in [0.717, 1.165) is 0 Å². The van der Waals surface area contributed by atoms with E-state index in [4.69, 9.17) is 0 Å². The number of hydrogen-bond donors (Lipinski definition) is 1. The van der Waals surface area contributed by atoms with E-state index in [1.54, 1.807) is 51.1 Å². The van der Waals surface area contributed by atoms with Crippen LogP contribution in [0, 0.1) is 0 Å². The Morgan fingerprint density at radius 2 is 1.73 bits per heavy atom. The third-order valence-corrected chi connectivity index (χ3v) is 3.44. The molecular formula is C16H22N2O4. The van der Waals surface area contributed by atoms with Crippen LogP contribution >= 0.6 is 0 Å². The van der Waals surface area contributed by atoms with E-state index in [2.05, 4.69) is 10.1 Å². The molecule has 0 unspecified atom stereocenters. The van der Waals surface area contributed by atoms with Gasteiger partial charge in [-0.05, 0) is 32.9 Å². The Morgan fingerprint density at radius 3 is 2.23 bits per heavy atom. The molecule has 0 radical (unpaired) electrons. The predicted octanol–water partition coefficient (Wildman–Crippen LogP) is 1.21. The Balaban J connectivity index is 2.82. The summed E-state index contributed by atoms with van der Waals surface area (Å²) in [4.78, 5) is 37.5. The van der Waals surface area contributed by atoms with E-state index in [1.807, 2.05) is 0 Å². The quantitative estimate of drug-likeness (QED) is 0.830. The number of nitrogens with zero attached hydrogens (tertiary/aromatic N) is 1. The molecule has 0 heterocycles. The molecule has 1 N–H and O–H groups in total. The second kappa shape index (κ2) is 7.06. The third-order valence-electron chi connectivity index (χ3n) is 3.44. The first-order chi connectivity index (χ1) is 10.2. The maximum atomic E-state index is 12.5. The Bertz CT molecular complexity index is 555. The fourth-order valence-corrected chi connectivity index (χ4v) is 1.94. The zero-order valence-corrected chi connectivity index (χ0v) is 13.5. The zero-order chi connectivity index (χ0) is 16.9. The molecule has 0 aliphatic carbocycles. The topological polar surface area (TPSA) is 75.7 Å². The van der Waals surface area contributed by atoms with Gasteiger partial charge in [0.1, 0.15) is 11.6 Å². The summed E-state index contributed by atoms with van der Waals surface area (Å²) in [5.74, 6) is -1.24. The molecular weight excluding hydrogens is 284 g/mol. The van der Waals surface area contributed by atoms with E-state index in [-0.39, 0.29) is 11.8 Å². The van der Waals surface area contributed by atoms with E-state index >= 15 is 0 Å². The van der Waals surface area contributed by atoms with Gasteiger partial charge in [0.25, 0.3) is 5.91 Å². The summed E-state index contributed by atoms with van der Waals surface area (Å²) >= 11 is 0. The molecule has 0 saturated carbocycles. The van der Waals surface area contributed by atoms with Crippen LogP contribution in [0.25, 0.3) is 0 Å². The van der Waals surface area contributed by atoms with Gasteiger partial charge in [0.15, 0.2) is 0 Å². The molecule has 6 nitrogen and oxygen atoms in total. The molecule has 0 fully saturated rings. The van der Waals surface area contributed by atoms with Gasteiger partial charge in [-0.3, -0.25) is 9.59 Å². The number of carbonyl (C=O) groups is 3. The van der Waals surface area contributed by atoms with Crippen molar-refractivity contribution in [3.05, 3.63) is 35.9 Å². The summed E-state index contributed by atoms with van der Waals surface area (Å²) in [6.45, 7) is 4.76. The number of hydrogen-bond acceptors (Lipinski definition) is 4. The lowest BCUT2D eigenvalue weighted by Gasteiger charge is -2.32. The lowest BCUT2D eigenvalue weighted by molar-refractivity contribution is -0.152. The number of amides is 2. The van der Waals surface area contributed by atoms with Crippen LogP contribution in [-0.4, -0.2) is 48.4 Å². The first-order valence-electron chi connectivity index (χ1n) is 6.93. The van der Waals surface area contributed by atoms with Crippen molar-refractivity contribution in [3.63, 3.8) is 0 Å². The Morgan fingerprint density at radius 1 is 1.18 bits per heavy atom. The minimum absolute atomic E-state index is 0.349. The highest BCUT2D eigenvalue weighted by atomic mass is 16.5. The lowest BCUT2D eigenvalue weighted by atomic mass is 10.0. The van der Waals surface area contributed by atoms with Crippen LogP contribution in [0.15, 0.2) is 30.3 Å². The van der Waals surface area contributed by atoms with Crippen LogP contribution < -0.4 is 5.32 Å². The van der Waals surface area contributed by atoms with E-state index < -0.39 is 17.6 Å². The monoisotopic (exact) mass is 306 g/mol. The number of ether oxygens (including phenoxy) is 1. The average Bonchev–Trinajstić information content (AvgIpc) is 2.52. The van der Waals surface area contributed by atoms with Gasteiger partial charge < -0.3 is 15.0 Å². The summed E-state index contributed by atoms with van der Waals surface area (Å²) in [6.07, 6.45) is 0. The normalized spacial score (nSPS) is 12.2. The molecule has 6 heteroatoms. The highest BCUT2D eigenvalue weighted by molar-refractivity contribution is 5.99. The molecule has 22 heavy (non-hydrogen) atoms. The van der Waals surface area contributed by atoms with Crippen LogP contribution in [0.4, 0.5) is 0 Å². The number of benzene rings is 1. The average molecular weight is 306 g/mol. The van der Waals surface area contributed by atoms with Crippen molar-refractivity contribution in [2.45, 2.75) is 32.4 Å². The van der Waals surface area contributed by atoms with Gasteiger partial charge in [0, 0.05) is 12.6 Å². The predicted molar refractivity (Wildman–Crippen MR) is 82.2 cm³/mol. The standard InChI is InChI=1S/C16H22N2O4/c1-11(14(20)22-5)18(4)15(21)16(2,3)17-13(19)12-9-7-6-8-10-12/h6-11H,1-5H3,(H,17,19)/t11-/m1/s1. The second-order valence-electron chi connectivity index (χ2n) is 5.56. The van der Waals surface area contributed by atoms with Crippen LogP contribution in [-0.2, 0) is 14.3 Å².